The van der Waals surface area contributed by atoms with E-state index < -0.39 is 0 Å². The van der Waals surface area contributed by atoms with E-state index in [0.29, 0.717) is 21.9 Å². The summed E-state index contributed by atoms with van der Waals surface area (Å²) < 4.78 is 2.45. The van der Waals surface area contributed by atoms with Gasteiger partial charge in [0.15, 0.2) is 5.13 Å². The zero-order chi connectivity index (χ0) is 24.0. The second-order valence-corrected chi connectivity index (χ2v) is 10.7. The predicted octanol–water partition coefficient (Wildman–Crippen LogP) is 5.53. The maximum absolute atomic E-state index is 13.6. The number of nitrogens with zero attached hydrogens (tertiary/aromatic N) is 4. The van der Waals surface area contributed by atoms with Gasteiger partial charge in [-0.25, -0.2) is 9.97 Å². The number of rotatable bonds is 5. The Morgan fingerprint density at radius 1 is 1.06 bits per heavy atom. The van der Waals surface area contributed by atoms with Gasteiger partial charge in [-0.2, -0.15) is 0 Å². The highest BCUT2D eigenvalue weighted by Crippen LogP contribution is 2.33. The normalized spacial score (nSPS) is 11.4. The third kappa shape index (κ3) is 4.03. The predicted molar refractivity (Wildman–Crippen MR) is 140 cm³/mol. The molecule has 5 aromatic rings. The zero-order valence-electron chi connectivity index (χ0n) is 19.5. The van der Waals surface area contributed by atoms with Gasteiger partial charge in [0.1, 0.15) is 11.4 Å². The van der Waals surface area contributed by atoms with Crippen molar-refractivity contribution >= 4 is 54.1 Å². The molecule has 0 bridgehead atoms. The van der Waals surface area contributed by atoms with Crippen molar-refractivity contribution in [3.63, 3.8) is 0 Å². The van der Waals surface area contributed by atoms with Gasteiger partial charge in [-0.3, -0.25) is 19.1 Å². The first-order valence-corrected chi connectivity index (χ1v) is 12.6. The molecule has 0 atom stereocenters. The number of thiophene rings is 1. The largest absolute Gasteiger partial charge is 0.289 e. The third-order valence-corrected chi connectivity index (χ3v) is 8.14. The van der Waals surface area contributed by atoms with Crippen LogP contribution in [0.2, 0.25) is 0 Å². The summed E-state index contributed by atoms with van der Waals surface area (Å²) in [5.41, 5.74) is 4.88. The number of thiazole rings is 1. The van der Waals surface area contributed by atoms with Crippen LogP contribution in [-0.2, 0) is 17.9 Å². The lowest BCUT2D eigenvalue weighted by Crippen LogP contribution is -2.36. The lowest BCUT2D eigenvalue weighted by Gasteiger charge is -2.20. The summed E-state index contributed by atoms with van der Waals surface area (Å²) in [7, 11) is 0. The topological polar surface area (TPSA) is 68.1 Å². The van der Waals surface area contributed by atoms with E-state index in [9.17, 15) is 9.59 Å². The minimum absolute atomic E-state index is 0.100. The second kappa shape index (κ2) is 8.77. The van der Waals surface area contributed by atoms with Gasteiger partial charge in [0.2, 0.25) is 5.91 Å². The zero-order valence-corrected chi connectivity index (χ0v) is 21.1. The van der Waals surface area contributed by atoms with E-state index in [2.05, 4.69) is 24.0 Å². The van der Waals surface area contributed by atoms with Crippen LogP contribution in [0.1, 0.15) is 27.1 Å². The Bertz CT molecular complexity index is 1600. The van der Waals surface area contributed by atoms with Crippen LogP contribution in [0.4, 0.5) is 5.13 Å². The number of hydrogen-bond donors (Lipinski definition) is 0. The van der Waals surface area contributed by atoms with Crippen LogP contribution in [-0.4, -0.2) is 20.4 Å². The molecule has 1 amide bonds. The number of anilines is 1. The first kappa shape index (κ1) is 22.4. The summed E-state index contributed by atoms with van der Waals surface area (Å²) in [5.74, 6) is -0.204. The molecule has 0 aliphatic carbocycles. The molecule has 2 aromatic carbocycles. The molecule has 0 radical (unpaired) electrons. The van der Waals surface area contributed by atoms with E-state index in [4.69, 9.17) is 4.98 Å². The molecule has 0 fully saturated rings. The average molecular weight is 489 g/mol. The molecule has 34 heavy (non-hydrogen) atoms. The number of aromatic nitrogens is 3. The van der Waals surface area contributed by atoms with Gasteiger partial charge in [-0.1, -0.05) is 47.7 Å². The highest BCUT2D eigenvalue weighted by atomic mass is 32.1. The number of benzene rings is 2. The Balaban J connectivity index is 1.55. The summed E-state index contributed by atoms with van der Waals surface area (Å²) >= 11 is 3.00. The molecule has 0 saturated heterocycles. The number of carbonyl (C=O) groups is 1. The van der Waals surface area contributed by atoms with Crippen molar-refractivity contribution in [2.24, 2.45) is 0 Å². The molecule has 0 unspecified atom stereocenters. The molecular formula is C26H24N4O2S2. The molecule has 5 rings (SSSR count). The SMILES string of the molecule is Cc1cc(C)c2nc(N(Cc3ccccc3)C(=O)Cn3cnc4sc(C)c(C)c4c3=O)sc2c1. The van der Waals surface area contributed by atoms with Crippen molar-refractivity contribution in [1.29, 1.82) is 0 Å². The maximum atomic E-state index is 13.6. The van der Waals surface area contributed by atoms with Crippen molar-refractivity contribution in [3.8, 4) is 0 Å². The smallest absolute Gasteiger partial charge is 0.262 e. The quantitative estimate of drug-likeness (QED) is 0.326. The van der Waals surface area contributed by atoms with Crippen molar-refractivity contribution in [2.75, 3.05) is 4.90 Å². The average Bonchev–Trinajstić information content (AvgIpc) is 3.36. The highest BCUT2D eigenvalue weighted by molar-refractivity contribution is 7.22. The minimum Gasteiger partial charge on any atom is -0.289 e. The molecule has 8 heteroatoms. The molecule has 0 saturated carbocycles. The van der Waals surface area contributed by atoms with Crippen molar-refractivity contribution in [2.45, 2.75) is 40.8 Å². The molecule has 0 aliphatic heterocycles. The van der Waals surface area contributed by atoms with Crippen LogP contribution < -0.4 is 10.5 Å². The molecule has 0 N–H and O–H groups in total. The van der Waals surface area contributed by atoms with Gasteiger partial charge in [0.05, 0.1) is 28.5 Å². The molecule has 6 nitrogen and oxygen atoms in total. The van der Waals surface area contributed by atoms with E-state index >= 15 is 0 Å². The number of fused-ring (bicyclic) bond motifs is 2. The van der Waals surface area contributed by atoms with Gasteiger partial charge in [-0.15, -0.1) is 11.3 Å². The molecule has 172 valence electrons. The minimum atomic E-state index is -0.204. The summed E-state index contributed by atoms with van der Waals surface area (Å²) in [6, 6.07) is 14.0. The van der Waals surface area contributed by atoms with E-state index in [1.165, 1.54) is 33.6 Å². The standard InChI is InChI=1S/C26H24N4O2S2/c1-15-10-16(2)23-20(11-15)34-26(28-23)30(12-19-8-6-5-7-9-19)21(31)13-29-14-27-24-22(25(29)32)17(3)18(4)33-24/h5-11,14H,12-13H2,1-4H3. The van der Waals surface area contributed by atoms with Gasteiger partial charge in [0.25, 0.3) is 5.56 Å². The van der Waals surface area contributed by atoms with Gasteiger partial charge in [-0.05, 0) is 56.0 Å². The van der Waals surface area contributed by atoms with Crippen molar-refractivity contribution in [1.82, 2.24) is 14.5 Å². The van der Waals surface area contributed by atoms with Crippen molar-refractivity contribution in [3.05, 3.63) is 86.3 Å². The van der Waals surface area contributed by atoms with E-state index in [1.807, 2.05) is 51.1 Å². The van der Waals surface area contributed by atoms with Crippen LogP contribution in [0, 0.1) is 27.7 Å². The number of aryl methyl sites for hydroxylation is 4. The van der Waals surface area contributed by atoms with Crippen LogP contribution in [0.3, 0.4) is 0 Å². The lowest BCUT2D eigenvalue weighted by molar-refractivity contribution is -0.119. The molecule has 3 aromatic heterocycles. The molecule has 0 aliphatic rings. The fourth-order valence-corrected chi connectivity index (χ4v) is 6.26. The third-order valence-electron chi connectivity index (χ3n) is 6.00. The van der Waals surface area contributed by atoms with E-state index in [1.54, 1.807) is 4.90 Å². The van der Waals surface area contributed by atoms with Gasteiger partial charge >= 0.3 is 0 Å². The van der Waals surface area contributed by atoms with E-state index in [0.717, 1.165) is 37.3 Å². The van der Waals surface area contributed by atoms with Crippen LogP contribution in [0.15, 0.2) is 53.6 Å². The Hall–Kier alpha value is -3.36. The molecular weight excluding hydrogens is 464 g/mol. The summed E-state index contributed by atoms with van der Waals surface area (Å²) in [5, 5.41) is 1.22. The Morgan fingerprint density at radius 3 is 2.59 bits per heavy atom. The maximum Gasteiger partial charge on any atom is 0.262 e. The summed E-state index contributed by atoms with van der Waals surface area (Å²) in [6.45, 7) is 8.28. The van der Waals surface area contributed by atoms with Gasteiger partial charge in [0, 0.05) is 4.88 Å². The Morgan fingerprint density at radius 2 is 1.82 bits per heavy atom. The second-order valence-electron chi connectivity index (χ2n) is 8.53. The number of amides is 1. The van der Waals surface area contributed by atoms with Gasteiger partial charge < -0.3 is 0 Å². The number of hydrogen-bond acceptors (Lipinski definition) is 6. The monoisotopic (exact) mass is 488 g/mol. The Kier molecular flexibility index (Phi) is 5.79. The van der Waals surface area contributed by atoms with Crippen molar-refractivity contribution < 1.29 is 4.79 Å². The van der Waals surface area contributed by atoms with Crippen LogP contribution in [0.5, 0.6) is 0 Å². The lowest BCUT2D eigenvalue weighted by atomic mass is 10.1. The first-order valence-electron chi connectivity index (χ1n) is 11.0. The molecule has 0 spiro atoms. The fourth-order valence-electron chi connectivity index (χ4n) is 4.12. The first-order chi connectivity index (χ1) is 16.3. The summed E-state index contributed by atoms with van der Waals surface area (Å²) in [6.07, 6.45) is 1.48. The summed E-state index contributed by atoms with van der Waals surface area (Å²) in [4.78, 5) is 39.5. The number of carbonyl (C=O) groups excluding carboxylic acids is 1. The Labute approximate surface area is 205 Å². The van der Waals surface area contributed by atoms with Crippen LogP contribution in [0.25, 0.3) is 20.4 Å². The van der Waals surface area contributed by atoms with E-state index in [-0.39, 0.29) is 18.0 Å². The molecule has 3 heterocycles. The highest BCUT2D eigenvalue weighted by Gasteiger charge is 2.23. The fraction of sp³-hybridized carbons (Fsp3) is 0.231. The van der Waals surface area contributed by atoms with Crippen LogP contribution >= 0.6 is 22.7 Å².